The highest BCUT2D eigenvalue weighted by Gasteiger charge is 2.02. The van der Waals surface area contributed by atoms with E-state index in [9.17, 15) is 0 Å². The summed E-state index contributed by atoms with van der Waals surface area (Å²) in [5, 5.41) is 0. The molecule has 7 heavy (non-hydrogen) atoms. The topological polar surface area (TPSA) is 27.3 Å². The van der Waals surface area contributed by atoms with Crippen LogP contribution < -0.4 is 9.30 Å². The van der Waals surface area contributed by atoms with Crippen molar-refractivity contribution < 1.29 is 0 Å². The van der Waals surface area contributed by atoms with Crippen molar-refractivity contribution in [3.8, 4) is 0 Å². The lowest BCUT2D eigenvalue weighted by Crippen LogP contribution is -2.56. The Morgan fingerprint density at radius 3 is 2.14 bits per heavy atom. The van der Waals surface area contributed by atoms with Gasteiger partial charge in [-0.15, -0.1) is 0 Å². The molecule has 0 aromatic heterocycles. The molecule has 0 saturated carbocycles. The summed E-state index contributed by atoms with van der Waals surface area (Å²) in [5.41, 5.74) is 0. The lowest BCUT2D eigenvalue weighted by Gasteiger charge is -2.22. The molecule has 2 N–H and O–H groups in total. The molecule has 0 aromatic rings. The van der Waals surface area contributed by atoms with Crippen molar-refractivity contribution in [2.24, 2.45) is 0 Å². The van der Waals surface area contributed by atoms with Crippen LogP contribution >= 0.6 is 0 Å². The van der Waals surface area contributed by atoms with Crippen molar-refractivity contribution in [3.05, 3.63) is 0 Å². The van der Waals surface area contributed by atoms with Gasteiger partial charge in [0.05, 0.1) is 0 Å². The second kappa shape index (κ2) is 2.75. The van der Waals surface area contributed by atoms with Gasteiger partial charge in [0.2, 0.25) is 0 Å². The predicted octanol–water partition coefficient (Wildman–Crippen LogP) is -3.89. The highest BCUT2D eigenvalue weighted by molar-refractivity contribution is 6.65. The molecule has 1 saturated heterocycles. The highest BCUT2D eigenvalue weighted by Crippen LogP contribution is 1.69. The first-order valence-electron chi connectivity index (χ1n) is 2.49. The summed E-state index contributed by atoms with van der Waals surface area (Å²) < 4.78 is 9.41. The van der Waals surface area contributed by atoms with Crippen molar-refractivity contribution in [2.75, 3.05) is 7.05 Å². The Morgan fingerprint density at radius 1 is 1.29 bits per heavy atom. The smallest absolute Gasteiger partial charge is 0.157 e. The molecule has 1 heterocycles. The van der Waals surface area contributed by atoms with E-state index >= 15 is 0 Å². The van der Waals surface area contributed by atoms with Crippen molar-refractivity contribution >= 4 is 29.5 Å². The molecule has 1 aliphatic rings. The summed E-state index contributed by atoms with van der Waals surface area (Å²) in [4.78, 5) is 0. The third-order valence-corrected chi connectivity index (χ3v) is 7.22. The fraction of sp³-hybridized carbons (Fsp3) is 1.00. The first-order chi connectivity index (χ1) is 3.39. The number of nitrogens with one attached hydrogen (secondary N) is 2. The van der Waals surface area contributed by atoms with Crippen molar-refractivity contribution in [2.45, 2.75) is 0 Å². The largest absolute Gasteiger partial charge is 0.346 e. The molecule has 1 rings (SSSR count). The zero-order valence-corrected chi connectivity index (χ0v) is 8.81. The Bertz CT molecular complexity index is 52.1. The average molecular weight is 149 g/mol. The lowest BCUT2D eigenvalue weighted by molar-refractivity contribution is 0.812. The van der Waals surface area contributed by atoms with Gasteiger partial charge in [-0.25, -0.2) is 0 Å². The lowest BCUT2D eigenvalue weighted by atomic mass is 11.6. The molecule has 0 spiro atoms. The Kier molecular flexibility index (Phi) is 2.22. The van der Waals surface area contributed by atoms with Crippen LogP contribution in [0.3, 0.4) is 0 Å². The monoisotopic (exact) mass is 149 g/mol. The summed E-state index contributed by atoms with van der Waals surface area (Å²) in [7, 11) is 2.43. The first kappa shape index (κ1) is 5.66. The van der Waals surface area contributed by atoms with Crippen LogP contribution in [-0.2, 0) is 0 Å². The summed E-state index contributed by atoms with van der Waals surface area (Å²) in [6.45, 7) is 0. The van der Waals surface area contributed by atoms with Crippen LogP contribution in [0.4, 0.5) is 0 Å². The summed E-state index contributed by atoms with van der Waals surface area (Å²) >= 11 is 0. The molecular formula is CH11N3Si3. The summed E-state index contributed by atoms with van der Waals surface area (Å²) in [6.07, 6.45) is 0. The molecular weight excluding hydrogens is 138 g/mol. The zero-order chi connectivity index (χ0) is 5.11. The number of rotatable bonds is 0. The maximum Gasteiger partial charge on any atom is 0.157 e. The van der Waals surface area contributed by atoms with E-state index in [0.717, 1.165) is 0 Å². The van der Waals surface area contributed by atoms with Gasteiger partial charge in [0.25, 0.3) is 0 Å². The van der Waals surface area contributed by atoms with E-state index in [1.165, 1.54) is 0 Å². The Hall–Kier alpha value is 0.531. The third kappa shape index (κ3) is 1.84. The molecule has 0 amide bonds. The van der Waals surface area contributed by atoms with Crippen LogP contribution in [0.15, 0.2) is 0 Å². The van der Waals surface area contributed by atoms with Gasteiger partial charge in [0.15, 0.2) is 29.5 Å². The Labute approximate surface area is 50.8 Å². The molecule has 0 aromatic carbocycles. The molecule has 0 radical (unpaired) electrons. The first-order valence-corrected chi connectivity index (χ1v) is 6.59. The van der Waals surface area contributed by atoms with Crippen molar-refractivity contribution in [3.63, 3.8) is 0 Å². The maximum absolute atomic E-state index is 3.46. The van der Waals surface area contributed by atoms with Gasteiger partial charge in [0.1, 0.15) is 0 Å². The van der Waals surface area contributed by atoms with E-state index in [1.54, 1.807) is 0 Å². The quantitative estimate of drug-likeness (QED) is 0.345. The van der Waals surface area contributed by atoms with E-state index in [0.29, 0.717) is 0 Å². The Morgan fingerprint density at radius 2 is 1.86 bits per heavy atom. The van der Waals surface area contributed by atoms with Gasteiger partial charge < -0.3 is 13.5 Å². The minimum atomic E-state index is 0.0585. The van der Waals surface area contributed by atoms with Crippen LogP contribution in [0.5, 0.6) is 0 Å². The van der Waals surface area contributed by atoms with E-state index in [1.807, 2.05) is 0 Å². The molecule has 1 fully saturated rings. The van der Waals surface area contributed by atoms with Gasteiger partial charge in [-0.05, 0) is 7.05 Å². The summed E-state index contributed by atoms with van der Waals surface area (Å²) in [6, 6.07) is 0. The SMILES string of the molecule is CN1[SiH2]N[SiH2]N[SiH2]1. The van der Waals surface area contributed by atoms with E-state index < -0.39 is 0 Å². The minimum Gasteiger partial charge on any atom is -0.346 e. The normalized spacial score (nSPS) is 35.6. The van der Waals surface area contributed by atoms with Gasteiger partial charge in [-0.3, -0.25) is 0 Å². The molecule has 0 atom stereocenters. The fourth-order valence-electron chi connectivity index (χ4n) is 0.638. The van der Waals surface area contributed by atoms with Crippen molar-refractivity contribution in [1.29, 1.82) is 0 Å². The molecule has 0 unspecified atom stereocenters. The maximum atomic E-state index is 3.46. The molecule has 0 bridgehead atoms. The van der Waals surface area contributed by atoms with Gasteiger partial charge in [0, 0.05) is 0 Å². The number of hydrogen-bond acceptors (Lipinski definition) is 3. The Balaban J connectivity index is 2.12. The number of hydrogen-bond donors (Lipinski definition) is 2. The second-order valence-corrected chi connectivity index (χ2v) is 9.89. The van der Waals surface area contributed by atoms with Crippen molar-refractivity contribution in [1.82, 2.24) is 13.5 Å². The van der Waals surface area contributed by atoms with E-state index in [2.05, 4.69) is 20.6 Å². The van der Waals surface area contributed by atoms with Crippen LogP contribution in [-0.4, -0.2) is 40.8 Å². The van der Waals surface area contributed by atoms with Gasteiger partial charge >= 0.3 is 0 Å². The highest BCUT2D eigenvalue weighted by atomic mass is 28.4. The van der Waals surface area contributed by atoms with Crippen LogP contribution in [0.2, 0.25) is 0 Å². The van der Waals surface area contributed by atoms with Crippen LogP contribution in [0, 0.1) is 0 Å². The van der Waals surface area contributed by atoms with E-state index in [-0.39, 0.29) is 29.5 Å². The van der Waals surface area contributed by atoms with Gasteiger partial charge in [-0.1, -0.05) is 0 Å². The minimum absolute atomic E-state index is 0.0585. The van der Waals surface area contributed by atoms with Crippen LogP contribution in [0.1, 0.15) is 0 Å². The standard InChI is InChI=1S/CH11N3Si3/c1-4-6-2-5-3-7-4/h2-3H,5-7H2,1H3. The second-order valence-electron chi connectivity index (χ2n) is 1.85. The predicted molar refractivity (Wildman–Crippen MR) is 39.7 cm³/mol. The number of nitrogens with zero attached hydrogens (tertiary/aromatic N) is 1. The molecule has 3 nitrogen and oxygen atoms in total. The van der Waals surface area contributed by atoms with Crippen LogP contribution in [0.25, 0.3) is 0 Å². The molecule has 6 heteroatoms. The molecule has 0 aliphatic carbocycles. The molecule has 42 valence electrons. The average Bonchev–Trinajstić information content (AvgIpc) is 1.69. The third-order valence-electron chi connectivity index (χ3n) is 1.01. The van der Waals surface area contributed by atoms with Gasteiger partial charge in [-0.2, -0.15) is 0 Å². The fourth-order valence-corrected chi connectivity index (χ4v) is 10.2. The molecule has 1 aliphatic heterocycles. The summed E-state index contributed by atoms with van der Waals surface area (Å²) in [5.74, 6) is 0. The zero-order valence-electron chi connectivity index (χ0n) is 4.57. The van der Waals surface area contributed by atoms with E-state index in [4.69, 9.17) is 0 Å².